The topological polar surface area (TPSA) is 18.5 Å². The minimum Gasteiger partial charge on any atom is -0.490 e. The van der Waals surface area contributed by atoms with Crippen molar-refractivity contribution in [2.24, 2.45) is 0 Å². The second kappa shape index (κ2) is 14.9. The van der Waals surface area contributed by atoms with E-state index in [1.54, 1.807) is 24.3 Å². The Labute approximate surface area is 210 Å². The molecule has 35 heavy (non-hydrogen) atoms. The van der Waals surface area contributed by atoms with Crippen molar-refractivity contribution in [3.8, 4) is 11.5 Å². The first kappa shape index (κ1) is 27.2. The van der Waals surface area contributed by atoms with Crippen molar-refractivity contribution in [2.45, 2.75) is 97.3 Å². The summed E-state index contributed by atoms with van der Waals surface area (Å²) in [5.74, 6) is -0.228. The molecule has 0 fully saturated rings. The SMILES string of the molecule is CCCCCCCCCOc1ccc2c(ccc3c(F)c(OCCCCCCCC)ccc32)c1F. The van der Waals surface area contributed by atoms with Crippen LogP contribution in [-0.2, 0) is 0 Å². The molecule has 192 valence electrons. The van der Waals surface area contributed by atoms with Crippen LogP contribution in [0.3, 0.4) is 0 Å². The third-order valence-corrected chi connectivity index (χ3v) is 6.76. The van der Waals surface area contributed by atoms with Gasteiger partial charge in [-0.05, 0) is 47.9 Å². The summed E-state index contributed by atoms with van der Waals surface area (Å²) in [7, 11) is 0. The smallest absolute Gasteiger partial charge is 0.172 e. The van der Waals surface area contributed by atoms with Gasteiger partial charge in [0.15, 0.2) is 23.1 Å². The van der Waals surface area contributed by atoms with Crippen LogP contribution in [0.25, 0.3) is 21.5 Å². The highest BCUT2D eigenvalue weighted by molar-refractivity contribution is 6.08. The summed E-state index contributed by atoms with van der Waals surface area (Å²) >= 11 is 0. The molecule has 3 rings (SSSR count). The van der Waals surface area contributed by atoms with Gasteiger partial charge in [0, 0.05) is 10.8 Å². The van der Waals surface area contributed by atoms with Crippen LogP contribution in [0.15, 0.2) is 36.4 Å². The minimum atomic E-state index is -0.380. The summed E-state index contributed by atoms with van der Waals surface area (Å²) in [4.78, 5) is 0. The fourth-order valence-corrected chi connectivity index (χ4v) is 4.64. The summed E-state index contributed by atoms with van der Waals surface area (Å²) in [5, 5.41) is 2.28. The lowest BCUT2D eigenvalue weighted by Gasteiger charge is -2.13. The van der Waals surface area contributed by atoms with E-state index in [9.17, 15) is 0 Å². The average molecular weight is 485 g/mol. The van der Waals surface area contributed by atoms with Gasteiger partial charge in [-0.25, -0.2) is 8.78 Å². The van der Waals surface area contributed by atoms with E-state index in [-0.39, 0.29) is 23.1 Å². The summed E-state index contributed by atoms with van der Waals surface area (Å²) in [5.41, 5.74) is 0. The molecular weight excluding hydrogens is 442 g/mol. The molecule has 0 bridgehead atoms. The largest absolute Gasteiger partial charge is 0.490 e. The Morgan fingerprint density at radius 2 is 0.800 bits per heavy atom. The second-order valence-electron chi connectivity index (χ2n) is 9.60. The molecule has 3 aromatic carbocycles. The van der Waals surface area contributed by atoms with E-state index in [2.05, 4.69) is 13.8 Å². The molecule has 0 amide bonds. The van der Waals surface area contributed by atoms with Gasteiger partial charge in [0.25, 0.3) is 0 Å². The predicted molar refractivity (Wildman–Crippen MR) is 144 cm³/mol. The zero-order chi connectivity index (χ0) is 24.9. The maximum atomic E-state index is 15.2. The highest BCUT2D eigenvalue weighted by atomic mass is 19.1. The molecule has 0 spiro atoms. The lowest BCUT2D eigenvalue weighted by atomic mass is 10.0. The molecule has 0 unspecified atom stereocenters. The lowest BCUT2D eigenvalue weighted by Crippen LogP contribution is -2.01. The van der Waals surface area contributed by atoms with Crippen LogP contribution in [0.5, 0.6) is 11.5 Å². The normalized spacial score (nSPS) is 11.4. The first-order valence-corrected chi connectivity index (χ1v) is 13.8. The number of fused-ring (bicyclic) bond motifs is 3. The van der Waals surface area contributed by atoms with Gasteiger partial charge in [0.05, 0.1) is 13.2 Å². The van der Waals surface area contributed by atoms with Crippen LogP contribution in [0, 0.1) is 11.6 Å². The van der Waals surface area contributed by atoms with Crippen molar-refractivity contribution in [3.63, 3.8) is 0 Å². The second-order valence-corrected chi connectivity index (χ2v) is 9.60. The molecule has 0 radical (unpaired) electrons. The van der Waals surface area contributed by atoms with Gasteiger partial charge in [-0.15, -0.1) is 0 Å². The Bertz CT molecular complexity index is 1050. The fourth-order valence-electron chi connectivity index (χ4n) is 4.64. The van der Waals surface area contributed by atoms with Gasteiger partial charge in [0.1, 0.15) is 0 Å². The molecule has 2 nitrogen and oxygen atoms in total. The van der Waals surface area contributed by atoms with Crippen molar-refractivity contribution in [2.75, 3.05) is 13.2 Å². The number of hydrogen-bond acceptors (Lipinski definition) is 2. The lowest BCUT2D eigenvalue weighted by molar-refractivity contribution is 0.291. The molecule has 4 heteroatoms. The van der Waals surface area contributed by atoms with E-state index in [0.717, 1.165) is 25.7 Å². The summed E-state index contributed by atoms with van der Waals surface area (Å²) in [6.45, 7) is 5.44. The van der Waals surface area contributed by atoms with Gasteiger partial charge in [-0.2, -0.15) is 0 Å². The number of halogens is 2. The molecule has 0 N–H and O–H groups in total. The van der Waals surface area contributed by atoms with Gasteiger partial charge in [-0.1, -0.05) is 96.6 Å². The number of benzene rings is 3. The van der Waals surface area contributed by atoms with E-state index >= 15 is 8.78 Å². The summed E-state index contributed by atoms with van der Waals surface area (Å²) in [6.07, 6.45) is 15.3. The Hall–Kier alpha value is -2.36. The van der Waals surface area contributed by atoms with Crippen molar-refractivity contribution in [3.05, 3.63) is 48.0 Å². The van der Waals surface area contributed by atoms with E-state index in [4.69, 9.17) is 9.47 Å². The standard InChI is InChI=1S/C31H42F2O2/c1-3-5-7-9-11-13-15-23-35-29-21-19-25-24-18-20-28(34-22-14-12-10-8-6-4-2)30(32)26(24)16-17-27(25)31(29)33/h16-21H,3-15,22-23H2,1-2H3. The molecule has 0 atom stereocenters. The Balaban J connectivity index is 1.59. The Morgan fingerprint density at radius 1 is 0.457 bits per heavy atom. The molecule has 0 heterocycles. The molecular formula is C31H42F2O2. The molecule has 0 aliphatic heterocycles. The first-order chi connectivity index (χ1) is 17.2. The number of hydrogen-bond donors (Lipinski definition) is 0. The van der Waals surface area contributed by atoms with Crippen LogP contribution < -0.4 is 9.47 Å². The third kappa shape index (κ3) is 7.81. The van der Waals surface area contributed by atoms with Crippen LogP contribution in [-0.4, -0.2) is 13.2 Å². The quantitative estimate of drug-likeness (QED) is 0.140. The van der Waals surface area contributed by atoms with Gasteiger partial charge >= 0.3 is 0 Å². The Morgan fingerprint density at radius 3 is 1.20 bits per heavy atom. The maximum Gasteiger partial charge on any atom is 0.172 e. The van der Waals surface area contributed by atoms with E-state index < -0.39 is 0 Å². The molecule has 0 aliphatic rings. The van der Waals surface area contributed by atoms with Crippen LogP contribution in [0.1, 0.15) is 97.3 Å². The minimum absolute atomic E-state index is 0.264. The molecule has 0 aromatic heterocycles. The third-order valence-electron chi connectivity index (χ3n) is 6.76. The van der Waals surface area contributed by atoms with Crippen LogP contribution >= 0.6 is 0 Å². The van der Waals surface area contributed by atoms with Crippen molar-refractivity contribution in [1.29, 1.82) is 0 Å². The number of ether oxygens (including phenoxy) is 2. The van der Waals surface area contributed by atoms with E-state index in [0.29, 0.717) is 34.8 Å². The van der Waals surface area contributed by atoms with Crippen LogP contribution in [0.2, 0.25) is 0 Å². The number of rotatable bonds is 17. The van der Waals surface area contributed by atoms with Crippen molar-refractivity contribution < 1.29 is 18.3 Å². The van der Waals surface area contributed by atoms with Crippen molar-refractivity contribution in [1.82, 2.24) is 0 Å². The fraction of sp³-hybridized carbons (Fsp3) is 0.548. The number of unbranched alkanes of at least 4 members (excludes halogenated alkanes) is 11. The van der Waals surface area contributed by atoms with Crippen LogP contribution in [0.4, 0.5) is 8.78 Å². The van der Waals surface area contributed by atoms with E-state index in [1.807, 2.05) is 12.1 Å². The molecule has 0 aliphatic carbocycles. The Kier molecular flexibility index (Phi) is 11.6. The van der Waals surface area contributed by atoms with Crippen molar-refractivity contribution >= 4 is 21.5 Å². The highest BCUT2D eigenvalue weighted by Crippen LogP contribution is 2.35. The zero-order valence-corrected chi connectivity index (χ0v) is 21.6. The van der Waals surface area contributed by atoms with Gasteiger partial charge in [0.2, 0.25) is 0 Å². The molecule has 3 aromatic rings. The summed E-state index contributed by atoms with van der Waals surface area (Å²) < 4.78 is 41.8. The average Bonchev–Trinajstić information content (AvgIpc) is 2.87. The predicted octanol–water partition coefficient (Wildman–Crippen LogP) is 10.1. The summed E-state index contributed by atoms with van der Waals surface area (Å²) in [6, 6.07) is 10.3. The maximum absolute atomic E-state index is 15.2. The molecule has 0 saturated heterocycles. The monoisotopic (exact) mass is 484 g/mol. The first-order valence-electron chi connectivity index (χ1n) is 13.8. The van der Waals surface area contributed by atoms with Gasteiger partial charge in [-0.3, -0.25) is 0 Å². The van der Waals surface area contributed by atoms with Gasteiger partial charge < -0.3 is 9.47 Å². The molecule has 0 saturated carbocycles. The van der Waals surface area contributed by atoms with E-state index in [1.165, 1.54) is 57.8 Å². The highest BCUT2D eigenvalue weighted by Gasteiger charge is 2.15. The zero-order valence-electron chi connectivity index (χ0n) is 21.6.